The fourth-order valence-electron chi connectivity index (χ4n) is 2.27. The van der Waals surface area contributed by atoms with E-state index >= 15 is 0 Å². The van der Waals surface area contributed by atoms with E-state index in [1.54, 1.807) is 24.6 Å². The van der Waals surface area contributed by atoms with E-state index in [0.29, 0.717) is 6.54 Å². The Kier molecular flexibility index (Phi) is 8.40. The first kappa shape index (κ1) is 20.6. The Morgan fingerprint density at radius 3 is 2.54 bits per heavy atom. The summed E-state index contributed by atoms with van der Waals surface area (Å²) in [4.78, 5) is 16.4. The van der Waals surface area contributed by atoms with Gasteiger partial charge >= 0.3 is 0 Å². The van der Waals surface area contributed by atoms with Gasteiger partial charge in [0, 0.05) is 44.3 Å². The molecule has 8 heteroatoms. The third-order valence-electron chi connectivity index (χ3n) is 3.38. The molecule has 2 rings (SSSR count). The van der Waals surface area contributed by atoms with Crippen LogP contribution in [0.2, 0.25) is 0 Å². The molecule has 0 atom stereocenters. The van der Waals surface area contributed by atoms with Crippen molar-refractivity contribution in [1.29, 1.82) is 0 Å². The van der Waals surface area contributed by atoms with Crippen LogP contribution in [0, 0.1) is 13.8 Å². The quantitative estimate of drug-likeness (QED) is 0.408. The van der Waals surface area contributed by atoms with E-state index in [-0.39, 0.29) is 24.0 Å². The molecular formula is C16H25IN6S. The number of aromatic nitrogens is 2. The van der Waals surface area contributed by atoms with E-state index in [4.69, 9.17) is 0 Å². The number of rotatable bonds is 5. The maximum atomic E-state index is 4.44. The van der Waals surface area contributed by atoms with Crippen LogP contribution in [-0.4, -0.2) is 37.1 Å². The van der Waals surface area contributed by atoms with Crippen LogP contribution in [0.4, 0.5) is 5.82 Å². The van der Waals surface area contributed by atoms with Crippen molar-refractivity contribution in [3.05, 3.63) is 39.5 Å². The van der Waals surface area contributed by atoms with Crippen molar-refractivity contribution in [2.75, 3.05) is 26.0 Å². The SMILES string of the molecule is CN=C(NCc1cccnc1N(C)C)NCc1sc(C)nc1C.I. The molecule has 0 aliphatic carbocycles. The summed E-state index contributed by atoms with van der Waals surface area (Å²) in [5.41, 5.74) is 2.21. The molecule has 0 bridgehead atoms. The van der Waals surface area contributed by atoms with Gasteiger partial charge in [0.1, 0.15) is 5.82 Å². The number of nitrogens with zero attached hydrogens (tertiary/aromatic N) is 4. The molecule has 0 fully saturated rings. The molecule has 0 aliphatic rings. The predicted octanol–water partition coefficient (Wildman–Crippen LogP) is 2.70. The van der Waals surface area contributed by atoms with Gasteiger partial charge in [0.25, 0.3) is 0 Å². The molecule has 0 saturated heterocycles. The second kappa shape index (κ2) is 9.77. The summed E-state index contributed by atoms with van der Waals surface area (Å²) >= 11 is 1.71. The average Bonchev–Trinajstić information content (AvgIpc) is 2.85. The minimum Gasteiger partial charge on any atom is -0.362 e. The zero-order valence-electron chi connectivity index (χ0n) is 14.8. The molecule has 0 unspecified atom stereocenters. The van der Waals surface area contributed by atoms with E-state index in [2.05, 4.69) is 31.7 Å². The third kappa shape index (κ3) is 5.59. The zero-order valence-corrected chi connectivity index (χ0v) is 17.9. The van der Waals surface area contributed by atoms with E-state index in [0.717, 1.165) is 34.6 Å². The lowest BCUT2D eigenvalue weighted by atomic mass is 10.2. The monoisotopic (exact) mass is 460 g/mol. The number of thiazole rings is 1. The number of hydrogen-bond acceptors (Lipinski definition) is 5. The predicted molar refractivity (Wildman–Crippen MR) is 113 cm³/mol. The molecule has 2 aromatic rings. The van der Waals surface area contributed by atoms with Crippen LogP contribution in [0.5, 0.6) is 0 Å². The lowest BCUT2D eigenvalue weighted by molar-refractivity contribution is 0.806. The largest absolute Gasteiger partial charge is 0.362 e. The molecule has 0 spiro atoms. The fraction of sp³-hybridized carbons (Fsp3) is 0.438. The maximum absolute atomic E-state index is 4.44. The second-order valence-electron chi connectivity index (χ2n) is 5.40. The second-order valence-corrected chi connectivity index (χ2v) is 6.69. The van der Waals surface area contributed by atoms with Gasteiger partial charge < -0.3 is 15.5 Å². The normalized spacial score (nSPS) is 11.0. The maximum Gasteiger partial charge on any atom is 0.191 e. The molecule has 2 N–H and O–H groups in total. The van der Waals surface area contributed by atoms with Crippen LogP contribution in [0.25, 0.3) is 0 Å². The minimum atomic E-state index is 0. The molecule has 2 aromatic heterocycles. The minimum absolute atomic E-state index is 0. The van der Waals surface area contributed by atoms with Gasteiger partial charge in [-0.15, -0.1) is 35.3 Å². The van der Waals surface area contributed by atoms with Crippen molar-refractivity contribution in [3.63, 3.8) is 0 Å². The van der Waals surface area contributed by atoms with Gasteiger partial charge in [-0.25, -0.2) is 9.97 Å². The molecular weight excluding hydrogens is 435 g/mol. The Hall–Kier alpha value is -1.42. The number of guanidine groups is 1. The molecule has 0 radical (unpaired) electrons. The molecule has 2 heterocycles. The summed E-state index contributed by atoms with van der Waals surface area (Å²) in [6.45, 7) is 5.46. The van der Waals surface area contributed by atoms with Crippen molar-refractivity contribution >= 4 is 47.1 Å². The first-order valence-electron chi connectivity index (χ1n) is 7.50. The Morgan fingerprint density at radius 1 is 1.25 bits per heavy atom. The van der Waals surface area contributed by atoms with Crippen molar-refractivity contribution in [3.8, 4) is 0 Å². The van der Waals surface area contributed by atoms with Gasteiger partial charge in [0.15, 0.2) is 5.96 Å². The van der Waals surface area contributed by atoms with Crippen molar-refractivity contribution in [2.45, 2.75) is 26.9 Å². The molecule has 0 saturated carbocycles. The number of pyridine rings is 1. The van der Waals surface area contributed by atoms with Crippen LogP contribution < -0.4 is 15.5 Å². The van der Waals surface area contributed by atoms with E-state index in [9.17, 15) is 0 Å². The topological polar surface area (TPSA) is 65.4 Å². The summed E-state index contributed by atoms with van der Waals surface area (Å²) in [5, 5.41) is 7.76. The van der Waals surface area contributed by atoms with E-state index < -0.39 is 0 Å². The number of hydrogen-bond donors (Lipinski definition) is 2. The lowest BCUT2D eigenvalue weighted by Crippen LogP contribution is -2.36. The Bertz CT molecular complexity index is 683. The highest BCUT2D eigenvalue weighted by atomic mass is 127. The van der Waals surface area contributed by atoms with Crippen molar-refractivity contribution in [1.82, 2.24) is 20.6 Å². The molecule has 0 aromatic carbocycles. The Balaban J connectivity index is 0.00000288. The number of aryl methyl sites for hydroxylation is 2. The molecule has 6 nitrogen and oxygen atoms in total. The summed E-state index contributed by atoms with van der Waals surface area (Å²) in [6, 6.07) is 4.02. The fourth-order valence-corrected chi connectivity index (χ4v) is 3.15. The zero-order chi connectivity index (χ0) is 16.8. The van der Waals surface area contributed by atoms with Crippen LogP contribution >= 0.6 is 35.3 Å². The Labute approximate surface area is 164 Å². The standard InChI is InChI=1S/C16H24N6S.HI/c1-11-14(23-12(2)21-11)10-20-16(17-3)19-9-13-7-6-8-18-15(13)22(4)5;/h6-8H,9-10H2,1-5H3,(H2,17,19,20);1H. The highest BCUT2D eigenvalue weighted by molar-refractivity contribution is 14.0. The van der Waals surface area contributed by atoms with Crippen LogP contribution in [0.15, 0.2) is 23.3 Å². The van der Waals surface area contributed by atoms with Gasteiger partial charge in [-0.3, -0.25) is 4.99 Å². The average molecular weight is 460 g/mol. The highest BCUT2D eigenvalue weighted by Crippen LogP contribution is 2.16. The van der Waals surface area contributed by atoms with Gasteiger partial charge in [-0.05, 0) is 19.9 Å². The first-order valence-corrected chi connectivity index (χ1v) is 8.31. The first-order chi connectivity index (χ1) is 11.0. The van der Waals surface area contributed by atoms with Gasteiger partial charge in [-0.2, -0.15) is 0 Å². The smallest absolute Gasteiger partial charge is 0.191 e. The van der Waals surface area contributed by atoms with Crippen molar-refractivity contribution in [2.24, 2.45) is 4.99 Å². The van der Waals surface area contributed by atoms with Gasteiger partial charge in [0.05, 0.1) is 17.2 Å². The summed E-state index contributed by atoms with van der Waals surface area (Å²) < 4.78 is 0. The summed E-state index contributed by atoms with van der Waals surface area (Å²) in [5.74, 6) is 1.73. The molecule has 132 valence electrons. The molecule has 0 amide bonds. The van der Waals surface area contributed by atoms with Crippen LogP contribution in [0.1, 0.15) is 21.1 Å². The Morgan fingerprint density at radius 2 is 1.96 bits per heavy atom. The lowest BCUT2D eigenvalue weighted by Gasteiger charge is -2.17. The van der Waals surface area contributed by atoms with Crippen LogP contribution in [0.3, 0.4) is 0 Å². The number of aliphatic imine (C=N–C) groups is 1. The van der Waals surface area contributed by atoms with Crippen LogP contribution in [-0.2, 0) is 13.1 Å². The number of nitrogens with one attached hydrogen (secondary N) is 2. The summed E-state index contributed by atoms with van der Waals surface area (Å²) in [7, 11) is 5.76. The highest BCUT2D eigenvalue weighted by Gasteiger charge is 2.08. The van der Waals surface area contributed by atoms with Gasteiger partial charge in [-0.1, -0.05) is 6.07 Å². The van der Waals surface area contributed by atoms with E-state index in [1.165, 1.54) is 4.88 Å². The van der Waals surface area contributed by atoms with Gasteiger partial charge in [0.2, 0.25) is 0 Å². The molecule has 24 heavy (non-hydrogen) atoms. The number of anilines is 1. The number of halogens is 1. The third-order valence-corrected chi connectivity index (χ3v) is 4.45. The molecule has 0 aliphatic heterocycles. The van der Waals surface area contributed by atoms with Crippen molar-refractivity contribution < 1.29 is 0 Å². The van der Waals surface area contributed by atoms with E-state index in [1.807, 2.05) is 38.9 Å². The summed E-state index contributed by atoms with van der Waals surface area (Å²) in [6.07, 6.45) is 1.81.